The second kappa shape index (κ2) is 7.09. The Bertz CT molecular complexity index is 676. The lowest BCUT2D eigenvalue weighted by Gasteiger charge is -2.07. The highest BCUT2D eigenvalue weighted by molar-refractivity contribution is 6.05. The highest BCUT2D eigenvalue weighted by Crippen LogP contribution is 2.29. The Morgan fingerprint density at radius 2 is 1.52 bits per heavy atom. The smallest absolute Gasteiger partial charge is 0.416 e. The Labute approximate surface area is 130 Å². The van der Waals surface area contributed by atoms with Crippen LogP contribution in [0.2, 0.25) is 0 Å². The van der Waals surface area contributed by atoms with Crippen molar-refractivity contribution >= 4 is 11.8 Å². The van der Waals surface area contributed by atoms with Crippen molar-refractivity contribution in [1.29, 1.82) is 0 Å². The summed E-state index contributed by atoms with van der Waals surface area (Å²) < 4.78 is 42.3. The van der Waals surface area contributed by atoms with Gasteiger partial charge in [-0.2, -0.15) is 13.2 Å². The lowest BCUT2D eigenvalue weighted by Crippen LogP contribution is -2.12. The predicted molar refractivity (Wildman–Crippen MR) is 76.6 cm³/mol. The van der Waals surface area contributed by atoms with Crippen LogP contribution in [0.3, 0.4) is 0 Å². The molecule has 0 aromatic heterocycles. The number of hydrogen-bond donors (Lipinski definition) is 0. The van der Waals surface area contributed by atoms with Crippen LogP contribution in [0, 0.1) is 0 Å². The van der Waals surface area contributed by atoms with Gasteiger partial charge in [-0.15, -0.1) is 0 Å². The molecular formula is C17H13F3O3. The second-order valence-corrected chi connectivity index (χ2v) is 4.82. The maximum absolute atomic E-state index is 12.4. The Morgan fingerprint density at radius 3 is 2.09 bits per heavy atom. The lowest BCUT2D eigenvalue weighted by atomic mass is 10.1. The van der Waals surface area contributed by atoms with E-state index in [1.165, 1.54) is 0 Å². The summed E-state index contributed by atoms with van der Waals surface area (Å²) in [5.74, 6) is -1.31. The Balaban J connectivity index is 1.89. The van der Waals surface area contributed by atoms with Crippen molar-refractivity contribution in [2.75, 3.05) is 0 Å². The quantitative estimate of drug-likeness (QED) is 0.474. The first-order valence-electron chi connectivity index (χ1n) is 6.76. The molecule has 23 heavy (non-hydrogen) atoms. The highest BCUT2D eigenvalue weighted by Gasteiger charge is 2.30. The van der Waals surface area contributed by atoms with Gasteiger partial charge in [0.2, 0.25) is 0 Å². The molecule has 0 fully saturated rings. The highest BCUT2D eigenvalue weighted by atomic mass is 19.4. The monoisotopic (exact) mass is 322 g/mol. The normalized spacial score (nSPS) is 11.1. The van der Waals surface area contributed by atoms with Gasteiger partial charge in [0.15, 0.2) is 5.78 Å². The van der Waals surface area contributed by atoms with Crippen molar-refractivity contribution in [3.8, 4) is 0 Å². The van der Waals surface area contributed by atoms with Crippen LogP contribution in [0.25, 0.3) is 0 Å². The first-order chi connectivity index (χ1) is 10.9. The summed E-state index contributed by atoms with van der Waals surface area (Å²) in [5.41, 5.74) is -0.0294. The van der Waals surface area contributed by atoms with Gasteiger partial charge in [0.25, 0.3) is 0 Å². The number of ketones is 1. The molecule has 120 valence electrons. The van der Waals surface area contributed by atoms with E-state index in [0.717, 1.165) is 29.8 Å². The zero-order chi connectivity index (χ0) is 16.9. The molecule has 0 saturated carbocycles. The zero-order valence-corrected chi connectivity index (χ0v) is 12.0. The maximum Gasteiger partial charge on any atom is 0.416 e. The molecule has 2 aromatic carbocycles. The predicted octanol–water partition coefficient (Wildman–Crippen LogP) is 4.02. The minimum Gasteiger partial charge on any atom is -0.460 e. The number of esters is 1. The summed E-state index contributed by atoms with van der Waals surface area (Å²) in [6.45, 7) is 0.0416. The molecule has 3 nitrogen and oxygen atoms in total. The van der Waals surface area contributed by atoms with E-state index < -0.39 is 29.9 Å². The minimum atomic E-state index is -4.46. The third-order valence-electron chi connectivity index (χ3n) is 3.08. The molecule has 0 amide bonds. The molecule has 0 bridgehead atoms. The topological polar surface area (TPSA) is 43.4 Å². The fraction of sp³-hybridized carbons (Fsp3) is 0.176. The third-order valence-corrected chi connectivity index (χ3v) is 3.08. The Morgan fingerprint density at radius 1 is 0.913 bits per heavy atom. The van der Waals surface area contributed by atoms with Crippen molar-refractivity contribution < 1.29 is 27.5 Å². The van der Waals surface area contributed by atoms with Gasteiger partial charge in [-0.25, -0.2) is 0 Å². The number of halogens is 3. The first-order valence-corrected chi connectivity index (χ1v) is 6.76. The van der Waals surface area contributed by atoms with Crippen molar-refractivity contribution in [2.24, 2.45) is 0 Å². The molecule has 0 atom stereocenters. The number of hydrogen-bond acceptors (Lipinski definition) is 3. The zero-order valence-electron chi connectivity index (χ0n) is 12.0. The molecule has 0 radical (unpaired) electrons. The molecule has 0 aliphatic heterocycles. The van der Waals surface area contributed by atoms with Gasteiger partial charge in [-0.05, 0) is 17.7 Å². The largest absolute Gasteiger partial charge is 0.460 e. The van der Waals surface area contributed by atoms with Crippen LogP contribution in [0.4, 0.5) is 13.2 Å². The minimum absolute atomic E-state index is 0.0367. The molecule has 2 rings (SSSR count). The SMILES string of the molecule is O=C(CC(=O)c1ccc(C(F)(F)F)cc1)OCc1ccccc1. The molecule has 0 aliphatic rings. The lowest BCUT2D eigenvalue weighted by molar-refractivity contribution is -0.143. The Hall–Kier alpha value is -2.63. The van der Waals surface area contributed by atoms with E-state index in [0.29, 0.717) is 0 Å². The number of benzene rings is 2. The van der Waals surface area contributed by atoms with Crippen LogP contribution >= 0.6 is 0 Å². The number of carbonyl (C=O) groups excluding carboxylic acids is 2. The maximum atomic E-state index is 12.4. The number of Topliss-reactive ketones (excluding diaryl/α,β-unsaturated/α-hetero) is 1. The molecule has 0 heterocycles. The summed E-state index contributed by atoms with van der Waals surface area (Å²) in [5, 5.41) is 0. The summed E-state index contributed by atoms with van der Waals surface area (Å²) in [6, 6.07) is 12.7. The third kappa shape index (κ3) is 4.95. The van der Waals surface area contributed by atoms with Crippen LogP contribution < -0.4 is 0 Å². The number of ether oxygens (including phenoxy) is 1. The van der Waals surface area contributed by atoms with Gasteiger partial charge in [0, 0.05) is 5.56 Å². The van der Waals surface area contributed by atoms with E-state index in [-0.39, 0.29) is 12.2 Å². The average Bonchev–Trinajstić information content (AvgIpc) is 2.53. The summed E-state index contributed by atoms with van der Waals surface area (Å²) in [6.07, 6.45) is -4.98. The summed E-state index contributed by atoms with van der Waals surface area (Å²) >= 11 is 0. The number of rotatable bonds is 5. The number of carbonyl (C=O) groups is 2. The van der Waals surface area contributed by atoms with Gasteiger partial charge < -0.3 is 4.74 Å². The van der Waals surface area contributed by atoms with Crippen LogP contribution in [0.5, 0.6) is 0 Å². The molecular weight excluding hydrogens is 309 g/mol. The van der Waals surface area contributed by atoms with Gasteiger partial charge >= 0.3 is 12.1 Å². The van der Waals surface area contributed by atoms with Crippen molar-refractivity contribution in [1.82, 2.24) is 0 Å². The molecule has 6 heteroatoms. The molecule has 2 aromatic rings. The van der Waals surface area contributed by atoms with Crippen molar-refractivity contribution in [3.05, 3.63) is 71.3 Å². The average molecular weight is 322 g/mol. The standard InChI is InChI=1S/C17H13F3O3/c18-17(19,20)14-8-6-13(7-9-14)15(21)10-16(22)23-11-12-4-2-1-3-5-12/h1-9H,10-11H2. The second-order valence-electron chi connectivity index (χ2n) is 4.82. The van der Waals surface area contributed by atoms with E-state index in [1.807, 2.05) is 6.07 Å². The van der Waals surface area contributed by atoms with E-state index >= 15 is 0 Å². The number of alkyl halides is 3. The van der Waals surface area contributed by atoms with Crippen LogP contribution in [0.1, 0.15) is 27.9 Å². The van der Waals surface area contributed by atoms with Crippen LogP contribution in [-0.4, -0.2) is 11.8 Å². The van der Waals surface area contributed by atoms with E-state index in [1.54, 1.807) is 24.3 Å². The molecule has 0 saturated heterocycles. The van der Waals surface area contributed by atoms with Crippen molar-refractivity contribution in [2.45, 2.75) is 19.2 Å². The summed E-state index contributed by atoms with van der Waals surface area (Å²) in [7, 11) is 0. The van der Waals surface area contributed by atoms with Gasteiger partial charge in [0.05, 0.1) is 5.56 Å². The van der Waals surface area contributed by atoms with E-state index in [9.17, 15) is 22.8 Å². The first kappa shape index (κ1) is 16.7. The Kier molecular flexibility index (Phi) is 5.16. The van der Waals surface area contributed by atoms with Crippen LogP contribution in [-0.2, 0) is 22.3 Å². The van der Waals surface area contributed by atoms with Crippen molar-refractivity contribution in [3.63, 3.8) is 0 Å². The van der Waals surface area contributed by atoms with Gasteiger partial charge in [-0.3, -0.25) is 9.59 Å². The molecule has 0 N–H and O–H groups in total. The van der Waals surface area contributed by atoms with E-state index in [4.69, 9.17) is 4.74 Å². The molecule has 0 unspecified atom stereocenters. The fourth-order valence-corrected chi connectivity index (χ4v) is 1.87. The van der Waals surface area contributed by atoms with Crippen LogP contribution in [0.15, 0.2) is 54.6 Å². The van der Waals surface area contributed by atoms with Gasteiger partial charge in [-0.1, -0.05) is 42.5 Å². The summed E-state index contributed by atoms with van der Waals surface area (Å²) in [4.78, 5) is 23.4. The van der Waals surface area contributed by atoms with Gasteiger partial charge in [0.1, 0.15) is 13.0 Å². The fourth-order valence-electron chi connectivity index (χ4n) is 1.87. The molecule has 0 aliphatic carbocycles. The molecule has 0 spiro atoms. The van der Waals surface area contributed by atoms with E-state index in [2.05, 4.69) is 0 Å².